The molecule has 3 heterocycles. The lowest BCUT2D eigenvalue weighted by Crippen LogP contribution is -2.41. The van der Waals surface area contributed by atoms with Gasteiger partial charge < -0.3 is 14.0 Å². The van der Waals surface area contributed by atoms with E-state index in [0.717, 1.165) is 37.2 Å². The van der Waals surface area contributed by atoms with Crippen molar-refractivity contribution in [1.82, 2.24) is 19.0 Å². The first kappa shape index (κ1) is 15.7. The summed E-state index contributed by atoms with van der Waals surface area (Å²) in [6.45, 7) is 1.63. The number of piperidine rings is 1. The third-order valence-electron chi connectivity index (χ3n) is 4.89. The summed E-state index contributed by atoms with van der Waals surface area (Å²) in [6.07, 6.45) is 12.3. The normalized spacial score (nSPS) is 17.6. The van der Waals surface area contributed by atoms with E-state index < -0.39 is 0 Å². The Kier molecular flexibility index (Phi) is 4.37. The van der Waals surface area contributed by atoms with E-state index in [1.54, 1.807) is 6.20 Å². The number of likely N-dealkylation sites (tertiary alicyclic amines) is 1. The predicted octanol–water partition coefficient (Wildman–Crippen LogP) is 3.08. The van der Waals surface area contributed by atoms with Crippen molar-refractivity contribution in [1.29, 1.82) is 0 Å². The molecule has 3 aromatic rings. The van der Waals surface area contributed by atoms with Crippen LogP contribution in [0.25, 0.3) is 5.69 Å². The van der Waals surface area contributed by atoms with Crippen molar-refractivity contribution in [2.24, 2.45) is 0 Å². The zero-order valence-electron chi connectivity index (χ0n) is 14.2. The van der Waals surface area contributed by atoms with E-state index in [1.807, 2.05) is 54.1 Å². The molecule has 1 aliphatic heterocycles. The Balaban J connectivity index is 1.39. The highest BCUT2D eigenvalue weighted by Crippen LogP contribution is 2.22. The summed E-state index contributed by atoms with van der Waals surface area (Å²) in [7, 11) is 0. The first-order valence-electron chi connectivity index (χ1n) is 8.77. The number of benzene rings is 1. The van der Waals surface area contributed by atoms with E-state index in [1.165, 1.54) is 0 Å². The van der Waals surface area contributed by atoms with E-state index in [9.17, 15) is 4.79 Å². The van der Waals surface area contributed by atoms with Crippen LogP contribution in [0.4, 0.5) is 0 Å². The van der Waals surface area contributed by atoms with Gasteiger partial charge in [0.1, 0.15) is 0 Å². The molecule has 1 amide bonds. The number of imidazole rings is 1. The Labute approximate surface area is 147 Å². The Morgan fingerprint density at radius 1 is 1.12 bits per heavy atom. The van der Waals surface area contributed by atoms with Gasteiger partial charge in [0.05, 0.1) is 18.8 Å². The van der Waals surface area contributed by atoms with E-state index in [-0.39, 0.29) is 5.91 Å². The van der Waals surface area contributed by atoms with Gasteiger partial charge in [-0.1, -0.05) is 12.1 Å². The number of nitrogens with zero attached hydrogens (tertiary/aromatic N) is 4. The van der Waals surface area contributed by atoms with Crippen LogP contribution in [0.5, 0.6) is 0 Å². The molecule has 5 heteroatoms. The molecule has 0 spiro atoms. The van der Waals surface area contributed by atoms with E-state index in [0.29, 0.717) is 12.5 Å². The highest BCUT2D eigenvalue weighted by Gasteiger charge is 2.24. The summed E-state index contributed by atoms with van der Waals surface area (Å²) in [5, 5.41) is 0. The van der Waals surface area contributed by atoms with Gasteiger partial charge in [0.25, 0.3) is 0 Å². The highest BCUT2D eigenvalue weighted by molar-refractivity contribution is 5.79. The fourth-order valence-electron chi connectivity index (χ4n) is 3.49. The summed E-state index contributed by atoms with van der Waals surface area (Å²) in [4.78, 5) is 18.8. The van der Waals surface area contributed by atoms with Crippen LogP contribution in [-0.2, 0) is 11.2 Å². The molecule has 0 unspecified atom stereocenters. The molecule has 1 aromatic carbocycles. The predicted molar refractivity (Wildman–Crippen MR) is 96.6 cm³/mol. The molecule has 2 aromatic heterocycles. The van der Waals surface area contributed by atoms with Crippen LogP contribution in [0, 0.1) is 0 Å². The summed E-state index contributed by atoms with van der Waals surface area (Å²) in [5.74, 6) is 0.207. The first-order chi connectivity index (χ1) is 12.3. The molecule has 0 N–H and O–H groups in total. The SMILES string of the molecule is O=C(Cc1ccc(-n2cccc2)cc1)N1CCC[C@H](n2ccnc2)C1. The minimum absolute atomic E-state index is 0.207. The second kappa shape index (κ2) is 6.97. The maximum absolute atomic E-state index is 12.7. The number of hydrogen-bond acceptors (Lipinski definition) is 2. The molecule has 1 atom stereocenters. The Morgan fingerprint density at radius 3 is 2.64 bits per heavy atom. The van der Waals surface area contributed by atoms with Gasteiger partial charge in [-0.2, -0.15) is 0 Å². The molecule has 0 saturated carbocycles. The van der Waals surface area contributed by atoms with Gasteiger partial charge in [-0.3, -0.25) is 4.79 Å². The van der Waals surface area contributed by atoms with E-state index in [4.69, 9.17) is 0 Å². The zero-order valence-corrected chi connectivity index (χ0v) is 14.2. The second-order valence-corrected chi connectivity index (χ2v) is 6.58. The Hall–Kier alpha value is -2.82. The van der Waals surface area contributed by atoms with Crippen LogP contribution in [0.3, 0.4) is 0 Å². The number of aromatic nitrogens is 3. The van der Waals surface area contributed by atoms with Crippen molar-refractivity contribution in [3.05, 3.63) is 73.1 Å². The number of carbonyl (C=O) groups excluding carboxylic acids is 1. The van der Waals surface area contributed by atoms with Gasteiger partial charge in [0.15, 0.2) is 0 Å². The van der Waals surface area contributed by atoms with Crippen molar-refractivity contribution in [2.45, 2.75) is 25.3 Å². The lowest BCUT2D eigenvalue weighted by atomic mass is 10.0. The molecule has 25 heavy (non-hydrogen) atoms. The molecule has 0 radical (unpaired) electrons. The molecule has 4 rings (SSSR count). The van der Waals surface area contributed by atoms with Gasteiger partial charge in [-0.25, -0.2) is 4.98 Å². The standard InChI is InChI=1S/C20H22N4O/c25-20(23-12-3-4-19(15-23)24-13-9-21-16-24)14-17-5-7-18(8-6-17)22-10-1-2-11-22/h1-2,5-11,13,16,19H,3-4,12,14-15H2/t19-/m0/s1. The molecule has 128 valence electrons. The fraction of sp³-hybridized carbons (Fsp3) is 0.300. The average Bonchev–Trinajstić information content (AvgIpc) is 3.36. The Morgan fingerprint density at radius 2 is 1.92 bits per heavy atom. The second-order valence-electron chi connectivity index (χ2n) is 6.58. The van der Waals surface area contributed by atoms with Crippen molar-refractivity contribution in [3.63, 3.8) is 0 Å². The lowest BCUT2D eigenvalue weighted by Gasteiger charge is -2.33. The van der Waals surface area contributed by atoms with Crippen molar-refractivity contribution in [2.75, 3.05) is 13.1 Å². The first-order valence-corrected chi connectivity index (χ1v) is 8.77. The van der Waals surface area contributed by atoms with E-state index >= 15 is 0 Å². The van der Waals surface area contributed by atoms with Gasteiger partial charge in [-0.05, 0) is 42.7 Å². The van der Waals surface area contributed by atoms with Gasteiger partial charge in [0.2, 0.25) is 5.91 Å². The highest BCUT2D eigenvalue weighted by atomic mass is 16.2. The number of carbonyl (C=O) groups is 1. The summed E-state index contributed by atoms with van der Waals surface area (Å²) < 4.78 is 4.18. The Bertz CT molecular complexity index is 806. The number of amides is 1. The summed E-state index contributed by atoms with van der Waals surface area (Å²) >= 11 is 0. The van der Waals surface area contributed by atoms with Crippen LogP contribution in [0.2, 0.25) is 0 Å². The molecular weight excluding hydrogens is 312 g/mol. The lowest BCUT2D eigenvalue weighted by molar-refractivity contribution is -0.132. The number of hydrogen-bond donors (Lipinski definition) is 0. The van der Waals surface area contributed by atoms with Crippen molar-refractivity contribution >= 4 is 5.91 Å². The average molecular weight is 334 g/mol. The number of rotatable bonds is 4. The summed E-state index contributed by atoms with van der Waals surface area (Å²) in [6, 6.07) is 12.6. The molecule has 1 aliphatic rings. The van der Waals surface area contributed by atoms with Crippen LogP contribution in [-0.4, -0.2) is 38.0 Å². The maximum Gasteiger partial charge on any atom is 0.227 e. The zero-order chi connectivity index (χ0) is 17.1. The van der Waals surface area contributed by atoms with Crippen molar-refractivity contribution < 1.29 is 4.79 Å². The van der Waals surface area contributed by atoms with Gasteiger partial charge >= 0.3 is 0 Å². The van der Waals surface area contributed by atoms with Crippen LogP contribution < -0.4 is 0 Å². The molecule has 0 aliphatic carbocycles. The largest absolute Gasteiger partial charge is 0.340 e. The summed E-state index contributed by atoms with van der Waals surface area (Å²) in [5.41, 5.74) is 2.17. The minimum Gasteiger partial charge on any atom is -0.340 e. The molecular formula is C20H22N4O. The maximum atomic E-state index is 12.7. The van der Waals surface area contributed by atoms with Crippen molar-refractivity contribution in [3.8, 4) is 5.69 Å². The molecule has 1 saturated heterocycles. The molecule has 0 bridgehead atoms. The monoisotopic (exact) mass is 334 g/mol. The third kappa shape index (κ3) is 3.50. The van der Waals surface area contributed by atoms with Gasteiger partial charge in [0, 0.05) is 43.6 Å². The topological polar surface area (TPSA) is 43.1 Å². The third-order valence-corrected chi connectivity index (χ3v) is 4.89. The molecule has 5 nitrogen and oxygen atoms in total. The van der Waals surface area contributed by atoms with Crippen LogP contribution in [0.15, 0.2) is 67.5 Å². The molecule has 1 fully saturated rings. The van der Waals surface area contributed by atoms with Gasteiger partial charge in [-0.15, -0.1) is 0 Å². The quantitative estimate of drug-likeness (QED) is 0.736. The van der Waals surface area contributed by atoms with Crippen LogP contribution >= 0.6 is 0 Å². The minimum atomic E-state index is 0.207. The van der Waals surface area contributed by atoms with E-state index in [2.05, 4.69) is 26.3 Å². The fourth-order valence-corrected chi connectivity index (χ4v) is 3.49. The smallest absolute Gasteiger partial charge is 0.227 e. The van der Waals surface area contributed by atoms with Crippen LogP contribution in [0.1, 0.15) is 24.4 Å².